The van der Waals surface area contributed by atoms with Gasteiger partial charge in [-0.05, 0) is 25.5 Å². The normalized spacial score (nSPS) is 25.4. The number of rotatable bonds is 3. The molecule has 0 bridgehead atoms. The number of likely N-dealkylation sites (tertiary alicyclic amines) is 1. The van der Waals surface area contributed by atoms with Crippen molar-refractivity contribution in [1.29, 1.82) is 0 Å². The molecule has 0 radical (unpaired) electrons. The lowest BCUT2D eigenvalue weighted by Gasteiger charge is -2.25. The van der Waals surface area contributed by atoms with Gasteiger partial charge in [-0.25, -0.2) is 0 Å². The topological polar surface area (TPSA) is 23.5 Å². The molecule has 0 spiro atoms. The van der Waals surface area contributed by atoms with Crippen molar-refractivity contribution in [3.63, 3.8) is 0 Å². The van der Waals surface area contributed by atoms with Crippen LogP contribution in [0.25, 0.3) is 0 Å². The van der Waals surface area contributed by atoms with Crippen molar-refractivity contribution >= 4 is 23.2 Å². The lowest BCUT2D eigenvalue weighted by Crippen LogP contribution is -2.31. The van der Waals surface area contributed by atoms with Crippen LogP contribution < -0.4 is 0 Å². The van der Waals surface area contributed by atoms with Gasteiger partial charge in [0.05, 0.1) is 10.0 Å². The zero-order valence-corrected chi connectivity index (χ0v) is 11.4. The number of nitrogens with zero attached hydrogens (tertiary/aromatic N) is 1. The molecule has 1 N–H and O–H groups in total. The van der Waals surface area contributed by atoms with Crippen LogP contribution in [0.2, 0.25) is 10.0 Å². The largest absolute Gasteiger partial charge is 0.384 e. The fourth-order valence-corrected chi connectivity index (χ4v) is 2.94. The van der Waals surface area contributed by atoms with Gasteiger partial charge in [0.25, 0.3) is 0 Å². The van der Waals surface area contributed by atoms with Gasteiger partial charge in [-0.2, -0.15) is 0 Å². The highest BCUT2D eigenvalue weighted by Gasteiger charge is 2.38. The number of benzene rings is 1. The van der Waals surface area contributed by atoms with Crippen molar-refractivity contribution in [2.45, 2.75) is 25.4 Å². The molecule has 4 heteroatoms. The van der Waals surface area contributed by atoms with E-state index < -0.39 is 5.60 Å². The molecule has 1 aliphatic rings. The molecule has 94 valence electrons. The van der Waals surface area contributed by atoms with Gasteiger partial charge in [0.15, 0.2) is 0 Å². The molecule has 0 saturated carbocycles. The predicted octanol–water partition coefficient (Wildman–Crippen LogP) is 3.30. The summed E-state index contributed by atoms with van der Waals surface area (Å²) in [5.74, 6) is 0. The average Bonchev–Trinajstić information content (AvgIpc) is 2.66. The van der Waals surface area contributed by atoms with E-state index in [9.17, 15) is 5.11 Å². The van der Waals surface area contributed by atoms with Crippen molar-refractivity contribution in [2.75, 3.05) is 19.6 Å². The van der Waals surface area contributed by atoms with E-state index in [1.807, 2.05) is 12.1 Å². The molecule has 1 fully saturated rings. The standard InChI is InChI=1S/C13H17Cl2NO/c1-2-7-16-8-6-13(17,9-16)10-4-3-5-11(14)12(10)15/h3-5,17H,2,6-9H2,1H3. The molecule has 1 unspecified atom stereocenters. The maximum Gasteiger partial charge on any atom is 0.105 e. The second kappa shape index (κ2) is 5.15. The third-order valence-electron chi connectivity index (χ3n) is 3.32. The van der Waals surface area contributed by atoms with Crippen molar-refractivity contribution < 1.29 is 5.11 Å². The molecule has 2 rings (SSSR count). The first-order valence-electron chi connectivity index (χ1n) is 5.96. The van der Waals surface area contributed by atoms with Crippen LogP contribution in [-0.2, 0) is 5.60 Å². The SMILES string of the molecule is CCCN1CCC(O)(c2cccc(Cl)c2Cl)C1. The number of β-amino-alcohol motifs (C(OH)–C–C–N with tert-alkyl or cyclic N) is 1. The second-order valence-corrected chi connectivity index (χ2v) is 5.44. The third kappa shape index (κ3) is 2.60. The molecule has 0 amide bonds. The summed E-state index contributed by atoms with van der Waals surface area (Å²) in [6.45, 7) is 4.71. The van der Waals surface area contributed by atoms with Crippen molar-refractivity contribution in [3.8, 4) is 0 Å². The number of hydrogen-bond acceptors (Lipinski definition) is 2. The molecular weight excluding hydrogens is 257 g/mol. The highest BCUT2D eigenvalue weighted by Crippen LogP contribution is 2.38. The molecule has 1 saturated heterocycles. The van der Waals surface area contributed by atoms with E-state index in [0.29, 0.717) is 23.0 Å². The summed E-state index contributed by atoms with van der Waals surface area (Å²) in [5, 5.41) is 11.7. The summed E-state index contributed by atoms with van der Waals surface area (Å²) >= 11 is 12.2. The van der Waals surface area contributed by atoms with Gasteiger partial charge < -0.3 is 10.0 Å². The smallest absolute Gasteiger partial charge is 0.105 e. The Morgan fingerprint density at radius 1 is 1.41 bits per heavy atom. The molecule has 1 aromatic carbocycles. The molecule has 1 aromatic rings. The monoisotopic (exact) mass is 273 g/mol. The average molecular weight is 274 g/mol. The first kappa shape index (κ1) is 13.2. The first-order chi connectivity index (χ1) is 8.07. The Hall–Kier alpha value is -0.280. The second-order valence-electron chi connectivity index (χ2n) is 4.66. The molecule has 2 nitrogen and oxygen atoms in total. The summed E-state index contributed by atoms with van der Waals surface area (Å²) < 4.78 is 0. The van der Waals surface area contributed by atoms with Gasteiger partial charge in [-0.1, -0.05) is 42.3 Å². The van der Waals surface area contributed by atoms with E-state index >= 15 is 0 Å². The Morgan fingerprint density at radius 2 is 2.18 bits per heavy atom. The van der Waals surface area contributed by atoms with Gasteiger partial charge in [-0.15, -0.1) is 0 Å². The number of aliphatic hydroxyl groups is 1. The Morgan fingerprint density at radius 3 is 2.88 bits per heavy atom. The molecule has 17 heavy (non-hydrogen) atoms. The molecule has 1 aliphatic heterocycles. The minimum atomic E-state index is -0.850. The summed E-state index contributed by atoms with van der Waals surface area (Å²) in [6.07, 6.45) is 1.81. The van der Waals surface area contributed by atoms with Crippen molar-refractivity contribution in [2.24, 2.45) is 0 Å². The van der Waals surface area contributed by atoms with Crippen LogP contribution in [0.15, 0.2) is 18.2 Å². The van der Waals surface area contributed by atoms with E-state index in [-0.39, 0.29) is 0 Å². The molecular formula is C13H17Cl2NO. The van der Waals surface area contributed by atoms with E-state index in [2.05, 4.69) is 11.8 Å². The van der Waals surface area contributed by atoms with Crippen LogP contribution >= 0.6 is 23.2 Å². The fraction of sp³-hybridized carbons (Fsp3) is 0.538. The maximum absolute atomic E-state index is 10.7. The highest BCUT2D eigenvalue weighted by molar-refractivity contribution is 6.42. The third-order valence-corrected chi connectivity index (χ3v) is 4.14. The van der Waals surface area contributed by atoms with Crippen LogP contribution in [-0.4, -0.2) is 29.6 Å². The van der Waals surface area contributed by atoms with E-state index in [0.717, 1.165) is 25.1 Å². The Labute approximate surface area is 112 Å². The lowest BCUT2D eigenvalue weighted by atomic mass is 9.93. The van der Waals surface area contributed by atoms with Crippen LogP contribution in [0, 0.1) is 0 Å². The zero-order chi connectivity index (χ0) is 12.5. The van der Waals surface area contributed by atoms with E-state index in [4.69, 9.17) is 23.2 Å². The van der Waals surface area contributed by atoms with Crippen LogP contribution in [0.5, 0.6) is 0 Å². The van der Waals surface area contributed by atoms with Crippen molar-refractivity contribution in [1.82, 2.24) is 4.90 Å². The van der Waals surface area contributed by atoms with E-state index in [1.54, 1.807) is 6.07 Å². The quantitative estimate of drug-likeness (QED) is 0.914. The van der Waals surface area contributed by atoms with Crippen LogP contribution in [0.1, 0.15) is 25.3 Å². The highest BCUT2D eigenvalue weighted by atomic mass is 35.5. The van der Waals surface area contributed by atoms with Crippen LogP contribution in [0.4, 0.5) is 0 Å². The minimum absolute atomic E-state index is 0.481. The van der Waals surface area contributed by atoms with Gasteiger partial charge in [0.2, 0.25) is 0 Å². The summed E-state index contributed by atoms with van der Waals surface area (Å²) in [4.78, 5) is 2.26. The van der Waals surface area contributed by atoms with Gasteiger partial charge in [0.1, 0.15) is 5.60 Å². The maximum atomic E-state index is 10.7. The first-order valence-corrected chi connectivity index (χ1v) is 6.71. The summed E-state index contributed by atoms with van der Waals surface area (Å²) in [7, 11) is 0. The van der Waals surface area contributed by atoms with Crippen molar-refractivity contribution in [3.05, 3.63) is 33.8 Å². The Balaban J connectivity index is 2.25. The fourth-order valence-electron chi connectivity index (χ4n) is 2.46. The van der Waals surface area contributed by atoms with Gasteiger partial charge in [0, 0.05) is 18.7 Å². The Bertz CT molecular complexity index is 410. The molecule has 1 atom stereocenters. The Kier molecular flexibility index (Phi) is 3.99. The summed E-state index contributed by atoms with van der Waals surface area (Å²) in [5.41, 5.74) is -0.0952. The summed E-state index contributed by atoms with van der Waals surface area (Å²) in [6, 6.07) is 5.45. The molecule has 0 aromatic heterocycles. The molecule has 1 heterocycles. The van der Waals surface area contributed by atoms with Crippen LogP contribution in [0.3, 0.4) is 0 Å². The van der Waals surface area contributed by atoms with Gasteiger partial charge in [-0.3, -0.25) is 0 Å². The van der Waals surface area contributed by atoms with E-state index in [1.165, 1.54) is 0 Å². The minimum Gasteiger partial charge on any atom is -0.384 e. The number of hydrogen-bond donors (Lipinski definition) is 1. The molecule has 0 aliphatic carbocycles. The lowest BCUT2D eigenvalue weighted by molar-refractivity contribution is 0.0463. The number of halogens is 2. The van der Waals surface area contributed by atoms with Gasteiger partial charge >= 0.3 is 0 Å². The predicted molar refractivity (Wildman–Crippen MR) is 71.7 cm³/mol. The zero-order valence-electron chi connectivity index (χ0n) is 9.92.